The summed E-state index contributed by atoms with van der Waals surface area (Å²) in [5, 5.41) is 0. The number of likely N-dealkylation sites (N-methyl/N-ethyl adjacent to an activating group) is 1. The van der Waals surface area contributed by atoms with Gasteiger partial charge >= 0.3 is 5.97 Å². The molecule has 3 heteroatoms. The normalized spacial score (nSPS) is 18.2. The zero-order chi connectivity index (χ0) is 17.8. The maximum atomic E-state index is 12.3. The Balaban J connectivity index is 2.15. The topological polar surface area (TPSA) is 29.5 Å². The first-order valence-electron chi connectivity index (χ1n) is 8.16. The van der Waals surface area contributed by atoms with Crippen LogP contribution in [0.5, 0.6) is 0 Å². The molecule has 0 bridgehead atoms. The first kappa shape index (κ1) is 16.8. The maximum Gasteiger partial charge on any atom is 0.339 e. The van der Waals surface area contributed by atoms with Gasteiger partial charge < -0.3 is 9.64 Å². The fraction of sp³-hybridized carbons (Fsp3) is 0.136. The van der Waals surface area contributed by atoms with E-state index in [9.17, 15) is 4.79 Å². The van der Waals surface area contributed by atoms with Gasteiger partial charge in [0, 0.05) is 13.2 Å². The van der Waals surface area contributed by atoms with Crippen LogP contribution in [-0.2, 0) is 9.53 Å². The van der Waals surface area contributed by atoms with E-state index in [1.807, 2.05) is 72.8 Å². The molecule has 0 saturated carbocycles. The molecule has 0 N–H and O–H groups in total. The van der Waals surface area contributed by atoms with Crippen molar-refractivity contribution in [1.82, 2.24) is 4.90 Å². The van der Waals surface area contributed by atoms with Gasteiger partial charge in [0.15, 0.2) is 0 Å². The fourth-order valence-electron chi connectivity index (χ4n) is 3.22. The second-order valence-electron chi connectivity index (χ2n) is 5.95. The third-order valence-corrected chi connectivity index (χ3v) is 4.38. The average Bonchev–Trinajstić information content (AvgIpc) is 2.97. The molecule has 0 saturated heterocycles. The molecule has 0 amide bonds. The Morgan fingerprint density at radius 3 is 2.48 bits per heavy atom. The van der Waals surface area contributed by atoms with Crippen LogP contribution in [0.3, 0.4) is 0 Å². The first-order chi connectivity index (χ1) is 12.2. The van der Waals surface area contributed by atoms with Crippen LogP contribution >= 0.6 is 0 Å². The molecule has 1 heterocycles. The first-order valence-corrected chi connectivity index (χ1v) is 8.16. The summed E-state index contributed by atoms with van der Waals surface area (Å²) in [5.41, 5.74) is 4.71. The Morgan fingerprint density at radius 1 is 1.12 bits per heavy atom. The summed E-state index contributed by atoms with van der Waals surface area (Å²) in [6, 6.07) is 18.0. The molecule has 3 nitrogen and oxygen atoms in total. The lowest BCUT2D eigenvalue weighted by atomic mass is 9.91. The number of benzene rings is 2. The molecule has 2 aromatic carbocycles. The van der Waals surface area contributed by atoms with Crippen LogP contribution in [0.2, 0.25) is 0 Å². The Labute approximate surface area is 148 Å². The number of hydrogen-bond acceptors (Lipinski definition) is 3. The van der Waals surface area contributed by atoms with Crippen molar-refractivity contribution in [3.63, 3.8) is 0 Å². The molecule has 0 aromatic heterocycles. The third-order valence-electron chi connectivity index (χ3n) is 4.38. The fourth-order valence-corrected chi connectivity index (χ4v) is 3.22. The number of methoxy groups -OCH3 is 1. The highest BCUT2D eigenvalue weighted by molar-refractivity contribution is 5.96. The van der Waals surface area contributed by atoms with Gasteiger partial charge in [-0.25, -0.2) is 4.79 Å². The van der Waals surface area contributed by atoms with Gasteiger partial charge in [-0.1, -0.05) is 67.3 Å². The Kier molecular flexibility index (Phi) is 4.85. The SMILES string of the molecule is C=Cc1ccccc1C1/C(=C\c2ccccc2)C(C(=O)OC)=CN1C. The quantitative estimate of drug-likeness (QED) is 0.775. The van der Waals surface area contributed by atoms with Crippen LogP contribution in [0, 0.1) is 0 Å². The smallest absolute Gasteiger partial charge is 0.339 e. The highest BCUT2D eigenvalue weighted by Crippen LogP contribution is 2.41. The number of carbonyl (C=O) groups excluding carboxylic acids is 1. The maximum absolute atomic E-state index is 12.3. The summed E-state index contributed by atoms with van der Waals surface area (Å²) in [4.78, 5) is 14.4. The Hall–Kier alpha value is -3.07. The van der Waals surface area contributed by atoms with Crippen LogP contribution in [0.1, 0.15) is 22.7 Å². The predicted octanol–water partition coefficient (Wildman–Crippen LogP) is 4.46. The summed E-state index contributed by atoms with van der Waals surface area (Å²) in [6.45, 7) is 3.92. The van der Waals surface area contributed by atoms with Crippen LogP contribution in [-0.4, -0.2) is 25.0 Å². The van der Waals surface area contributed by atoms with Crippen LogP contribution in [0.4, 0.5) is 0 Å². The number of nitrogens with zero attached hydrogens (tertiary/aromatic N) is 1. The predicted molar refractivity (Wildman–Crippen MR) is 102 cm³/mol. The van der Waals surface area contributed by atoms with Crippen molar-refractivity contribution < 1.29 is 9.53 Å². The second-order valence-corrected chi connectivity index (χ2v) is 5.95. The van der Waals surface area contributed by atoms with Gasteiger partial charge in [0.1, 0.15) is 0 Å². The van der Waals surface area contributed by atoms with Gasteiger partial charge in [-0.2, -0.15) is 0 Å². The molecule has 0 spiro atoms. The molecular formula is C22H21NO2. The standard InChI is InChI=1S/C22H21NO2/c1-4-17-12-8-9-13-18(17)21-19(14-16-10-6-5-7-11-16)20(15-23(21)2)22(24)25-3/h4-15,21H,1H2,2-3H3/b19-14-. The summed E-state index contributed by atoms with van der Waals surface area (Å²) in [7, 11) is 3.38. The van der Waals surface area contributed by atoms with Gasteiger partial charge in [0.2, 0.25) is 0 Å². The van der Waals surface area contributed by atoms with E-state index in [0.717, 1.165) is 22.3 Å². The Bertz CT molecular complexity index is 849. The van der Waals surface area contributed by atoms with Crippen LogP contribution < -0.4 is 0 Å². The molecule has 0 radical (unpaired) electrons. The molecule has 1 unspecified atom stereocenters. The molecule has 1 aliphatic rings. The van der Waals surface area contributed by atoms with Crippen molar-refractivity contribution in [2.45, 2.75) is 6.04 Å². The molecule has 126 valence electrons. The van der Waals surface area contributed by atoms with Gasteiger partial charge in [-0.05, 0) is 28.3 Å². The number of hydrogen-bond donors (Lipinski definition) is 0. The second kappa shape index (κ2) is 7.22. The van der Waals surface area contributed by atoms with E-state index < -0.39 is 0 Å². The van der Waals surface area contributed by atoms with E-state index >= 15 is 0 Å². The highest BCUT2D eigenvalue weighted by Gasteiger charge is 2.33. The molecule has 25 heavy (non-hydrogen) atoms. The van der Waals surface area contributed by atoms with Crippen LogP contribution in [0.25, 0.3) is 12.2 Å². The zero-order valence-electron chi connectivity index (χ0n) is 14.5. The van der Waals surface area contributed by atoms with Crippen molar-refractivity contribution in [2.75, 3.05) is 14.2 Å². The van der Waals surface area contributed by atoms with E-state index in [1.165, 1.54) is 7.11 Å². The lowest BCUT2D eigenvalue weighted by molar-refractivity contribution is -0.135. The summed E-state index contributed by atoms with van der Waals surface area (Å²) < 4.78 is 5.00. The molecule has 0 fully saturated rings. The molecule has 1 aliphatic heterocycles. The van der Waals surface area contributed by atoms with Crippen molar-refractivity contribution in [3.8, 4) is 0 Å². The third kappa shape index (κ3) is 3.26. The van der Waals surface area contributed by atoms with E-state index in [0.29, 0.717) is 5.57 Å². The number of rotatable bonds is 4. The Morgan fingerprint density at radius 2 is 1.80 bits per heavy atom. The minimum atomic E-state index is -0.326. The molecule has 2 aromatic rings. The largest absolute Gasteiger partial charge is 0.465 e. The molecular weight excluding hydrogens is 310 g/mol. The van der Waals surface area contributed by atoms with Gasteiger partial charge in [-0.15, -0.1) is 0 Å². The van der Waals surface area contributed by atoms with E-state index in [4.69, 9.17) is 4.74 Å². The lowest BCUT2D eigenvalue weighted by Crippen LogP contribution is -2.17. The van der Waals surface area contributed by atoms with Gasteiger partial charge in [0.05, 0.1) is 18.7 Å². The number of ether oxygens (including phenoxy) is 1. The van der Waals surface area contributed by atoms with Crippen molar-refractivity contribution in [3.05, 3.63) is 95.2 Å². The minimum Gasteiger partial charge on any atom is -0.465 e. The number of carbonyl (C=O) groups is 1. The highest BCUT2D eigenvalue weighted by atomic mass is 16.5. The molecule has 3 rings (SSSR count). The summed E-state index contributed by atoms with van der Waals surface area (Å²) in [6.07, 6.45) is 5.75. The van der Waals surface area contributed by atoms with E-state index in [2.05, 4.69) is 18.7 Å². The zero-order valence-corrected chi connectivity index (χ0v) is 14.5. The lowest BCUT2D eigenvalue weighted by Gasteiger charge is -2.25. The van der Waals surface area contributed by atoms with E-state index in [1.54, 1.807) is 0 Å². The molecule has 1 atom stereocenters. The minimum absolute atomic E-state index is 0.0662. The van der Waals surface area contributed by atoms with Crippen molar-refractivity contribution in [2.24, 2.45) is 0 Å². The average molecular weight is 331 g/mol. The van der Waals surface area contributed by atoms with E-state index in [-0.39, 0.29) is 12.0 Å². The van der Waals surface area contributed by atoms with Crippen LogP contribution in [0.15, 0.2) is 78.5 Å². The van der Waals surface area contributed by atoms with Crippen molar-refractivity contribution >= 4 is 18.1 Å². The number of esters is 1. The van der Waals surface area contributed by atoms with Gasteiger partial charge in [-0.3, -0.25) is 0 Å². The van der Waals surface area contributed by atoms with Gasteiger partial charge in [0.25, 0.3) is 0 Å². The molecule has 0 aliphatic carbocycles. The van der Waals surface area contributed by atoms with Crippen molar-refractivity contribution in [1.29, 1.82) is 0 Å². The monoisotopic (exact) mass is 331 g/mol. The summed E-state index contributed by atoms with van der Waals surface area (Å²) >= 11 is 0. The summed E-state index contributed by atoms with van der Waals surface area (Å²) in [5.74, 6) is -0.326.